The Balaban J connectivity index is 1.39. The Bertz CT molecular complexity index is 798. The van der Waals surface area contributed by atoms with Crippen molar-refractivity contribution in [2.45, 2.75) is 19.3 Å². The van der Waals surface area contributed by atoms with Gasteiger partial charge in [0.1, 0.15) is 17.3 Å². The van der Waals surface area contributed by atoms with E-state index in [0.29, 0.717) is 42.6 Å². The van der Waals surface area contributed by atoms with Crippen LogP contribution in [-0.2, 0) is 4.79 Å². The number of aliphatic carboxylic acids is 1. The summed E-state index contributed by atoms with van der Waals surface area (Å²) in [7, 11) is 0. The van der Waals surface area contributed by atoms with Crippen molar-refractivity contribution in [1.82, 2.24) is 0 Å². The summed E-state index contributed by atoms with van der Waals surface area (Å²) in [4.78, 5) is 10.8. The van der Waals surface area contributed by atoms with Crippen molar-refractivity contribution in [1.29, 1.82) is 0 Å². The van der Waals surface area contributed by atoms with Crippen LogP contribution in [0.5, 0.6) is 11.5 Å². The van der Waals surface area contributed by atoms with Gasteiger partial charge in [0.2, 0.25) is 0 Å². The minimum absolute atomic E-state index is 0.0879. The molecule has 5 heteroatoms. The highest BCUT2D eigenvalue weighted by molar-refractivity contribution is 5.73. The first-order chi connectivity index (χ1) is 12.6. The summed E-state index contributed by atoms with van der Waals surface area (Å²) in [6.45, 7) is 1.09. The molecule has 0 radical (unpaired) electrons. The molecule has 1 N–H and O–H groups in total. The van der Waals surface area contributed by atoms with E-state index in [0.717, 1.165) is 5.56 Å². The van der Waals surface area contributed by atoms with Crippen molar-refractivity contribution < 1.29 is 23.8 Å². The molecule has 0 spiro atoms. The van der Waals surface area contributed by atoms with E-state index in [4.69, 9.17) is 14.6 Å². The first-order valence-electron chi connectivity index (χ1n) is 8.98. The fourth-order valence-corrected chi connectivity index (χ4v) is 2.98. The fraction of sp³-hybridized carbons (Fsp3) is 0.381. The number of benzene rings is 2. The summed E-state index contributed by atoms with van der Waals surface area (Å²) in [5.74, 6) is 0.750. The molecule has 2 aliphatic rings. The maximum Gasteiger partial charge on any atom is 0.306 e. The topological polar surface area (TPSA) is 55.8 Å². The zero-order valence-corrected chi connectivity index (χ0v) is 14.4. The number of hydrogen-bond donors (Lipinski definition) is 1. The van der Waals surface area contributed by atoms with Crippen LogP contribution in [0.3, 0.4) is 0 Å². The van der Waals surface area contributed by atoms with Gasteiger partial charge in [-0.2, -0.15) is 0 Å². The van der Waals surface area contributed by atoms with Crippen LogP contribution in [0.15, 0.2) is 42.5 Å². The van der Waals surface area contributed by atoms with Crippen molar-refractivity contribution in [3.8, 4) is 22.6 Å². The molecule has 0 aliphatic heterocycles. The molecule has 4 rings (SSSR count). The van der Waals surface area contributed by atoms with Gasteiger partial charge in [0.15, 0.2) is 0 Å². The normalized spacial score (nSPS) is 21.3. The van der Waals surface area contributed by atoms with Crippen molar-refractivity contribution in [3.05, 3.63) is 48.3 Å². The number of carboxylic acids is 1. The lowest BCUT2D eigenvalue weighted by Crippen LogP contribution is -2.06. The van der Waals surface area contributed by atoms with E-state index in [1.54, 1.807) is 36.4 Å². The van der Waals surface area contributed by atoms with E-state index < -0.39 is 5.97 Å². The summed E-state index contributed by atoms with van der Waals surface area (Å²) >= 11 is 0. The van der Waals surface area contributed by atoms with Crippen molar-refractivity contribution in [2.24, 2.45) is 17.8 Å². The maximum atomic E-state index is 14.2. The first-order valence-corrected chi connectivity index (χ1v) is 8.98. The van der Waals surface area contributed by atoms with Gasteiger partial charge in [-0.3, -0.25) is 4.79 Å². The second-order valence-corrected chi connectivity index (χ2v) is 7.17. The van der Waals surface area contributed by atoms with Crippen LogP contribution in [-0.4, -0.2) is 24.3 Å². The summed E-state index contributed by atoms with van der Waals surface area (Å²) in [5.41, 5.74) is 1.25. The molecule has 0 saturated heterocycles. The lowest BCUT2D eigenvalue weighted by Gasteiger charge is -2.10. The lowest BCUT2D eigenvalue weighted by molar-refractivity contribution is -0.138. The second-order valence-electron chi connectivity index (χ2n) is 7.17. The SMILES string of the molecule is O=C(O)[C@@H]1C[C@H]1COc1ccc(-c2cc(OCC3CC3)ccc2F)cc1. The minimum Gasteiger partial charge on any atom is -0.493 e. The van der Waals surface area contributed by atoms with Gasteiger partial charge >= 0.3 is 5.97 Å². The number of hydrogen-bond acceptors (Lipinski definition) is 3. The fourth-order valence-electron chi connectivity index (χ4n) is 2.98. The predicted octanol–water partition coefficient (Wildman–Crippen LogP) is 4.38. The van der Waals surface area contributed by atoms with Gasteiger partial charge in [-0.15, -0.1) is 0 Å². The standard InChI is InChI=1S/C21H21FO4/c22-20-8-7-17(25-11-13-1-2-13)10-18(20)14-3-5-16(6-4-14)26-12-15-9-19(15)21(23)24/h3-8,10,13,15,19H,1-2,9,11-12H2,(H,23,24)/t15-,19+/m0/s1. The molecule has 26 heavy (non-hydrogen) atoms. The van der Waals surface area contributed by atoms with E-state index >= 15 is 0 Å². The highest BCUT2D eigenvalue weighted by Crippen LogP contribution is 2.39. The van der Waals surface area contributed by atoms with Crippen LogP contribution in [0.25, 0.3) is 11.1 Å². The Morgan fingerprint density at radius 2 is 1.73 bits per heavy atom. The van der Waals surface area contributed by atoms with Crippen LogP contribution < -0.4 is 9.47 Å². The van der Waals surface area contributed by atoms with E-state index in [1.165, 1.54) is 18.9 Å². The summed E-state index contributed by atoms with van der Waals surface area (Å²) in [5, 5.41) is 8.90. The van der Waals surface area contributed by atoms with Crippen LogP contribution in [0.1, 0.15) is 19.3 Å². The third kappa shape index (κ3) is 3.98. The summed E-state index contributed by atoms with van der Waals surface area (Å²) in [6.07, 6.45) is 3.10. The number of carbonyl (C=O) groups is 1. The third-order valence-electron chi connectivity index (χ3n) is 4.99. The molecule has 2 atom stereocenters. The van der Waals surface area contributed by atoms with E-state index in [1.807, 2.05) is 0 Å². The molecule has 2 aromatic carbocycles. The van der Waals surface area contributed by atoms with Gasteiger partial charge in [-0.1, -0.05) is 12.1 Å². The molecule has 136 valence electrons. The molecule has 0 bridgehead atoms. The van der Waals surface area contributed by atoms with Crippen LogP contribution in [0.4, 0.5) is 4.39 Å². The van der Waals surface area contributed by atoms with Crippen molar-refractivity contribution >= 4 is 5.97 Å². The minimum atomic E-state index is -0.756. The zero-order valence-electron chi connectivity index (χ0n) is 14.4. The molecule has 2 aliphatic carbocycles. The van der Waals surface area contributed by atoms with Crippen LogP contribution in [0.2, 0.25) is 0 Å². The predicted molar refractivity (Wildman–Crippen MR) is 94.8 cm³/mol. The van der Waals surface area contributed by atoms with Crippen molar-refractivity contribution in [3.63, 3.8) is 0 Å². The van der Waals surface area contributed by atoms with Gasteiger partial charge in [0.05, 0.1) is 19.1 Å². The molecule has 4 nitrogen and oxygen atoms in total. The largest absolute Gasteiger partial charge is 0.493 e. The number of ether oxygens (including phenoxy) is 2. The molecular weight excluding hydrogens is 335 g/mol. The van der Waals surface area contributed by atoms with Crippen LogP contribution >= 0.6 is 0 Å². The molecule has 0 heterocycles. The molecular formula is C21H21FO4. The van der Waals surface area contributed by atoms with E-state index in [2.05, 4.69) is 0 Å². The van der Waals surface area contributed by atoms with Crippen LogP contribution in [0, 0.1) is 23.6 Å². The second kappa shape index (κ2) is 6.98. The average Bonchev–Trinajstić information content (AvgIpc) is 3.54. The van der Waals surface area contributed by atoms with Gasteiger partial charge in [0.25, 0.3) is 0 Å². The number of halogens is 1. The van der Waals surface area contributed by atoms with Gasteiger partial charge in [-0.05, 0) is 61.1 Å². The first kappa shape index (κ1) is 16.9. The third-order valence-corrected chi connectivity index (χ3v) is 4.99. The Hall–Kier alpha value is -2.56. The maximum absolute atomic E-state index is 14.2. The molecule has 0 aromatic heterocycles. The highest BCUT2D eigenvalue weighted by atomic mass is 19.1. The Morgan fingerprint density at radius 3 is 2.38 bits per heavy atom. The van der Waals surface area contributed by atoms with Gasteiger partial charge < -0.3 is 14.6 Å². The molecule has 2 fully saturated rings. The monoisotopic (exact) mass is 356 g/mol. The van der Waals surface area contributed by atoms with E-state index in [9.17, 15) is 9.18 Å². The molecule has 2 aromatic rings. The highest BCUT2D eigenvalue weighted by Gasteiger charge is 2.43. The Kier molecular flexibility index (Phi) is 4.53. The smallest absolute Gasteiger partial charge is 0.306 e. The van der Waals surface area contributed by atoms with Gasteiger partial charge in [-0.25, -0.2) is 4.39 Å². The van der Waals surface area contributed by atoms with Gasteiger partial charge in [0, 0.05) is 11.5 Å². The van der Waals surface area contributed by atoms with Crippen molar-refractivity contribution in [2.75, 3.05) is 13.2 Å². The summed E-state index contributed by atoms with van der Waals surface area (Å²) in [6, 6.07) is 12.0. The Morgan fingerprint density at radius 1 is 1.04 bits per heavy atom. The quantitative estimate of drug-likeness (QED) is 0.763. The lowest BCUT2D eigenvalue weighted by atomic mass is 10.0. The summed E-state index contributed by atoms with van der Waals surface area (Å²) < 4.78 is 25.6. The molecule has 2 saturated carbocycles. The van der Waals surface area contributed by atoms with E-state index in [-0.39, 0.29) is 17.7 Å². The number of carboxylic acid groups (broad SMARTS) is 1. The molecule has 0 unspecified atom stereocenters. The average molecular weight is 356 g/mol. The Labute approximate surface area is 151 Å². The zero-order chi connectivity index (χ0) is 18.1. The number of rotatable bonds is 8. The molecule has 0 amide bonds.